The van der Waals surface area contributed by atoms with Gasteiger partial charge in [0.15, 0.2) is 0 Å². The van der Waals surface area contributed by atoms with Crippen LogP contribution in [-0.4, -0.2) is 0 Å². The average molecular weight is 244 g/mol. The van der Waals surface area contributed by atoms with Crippen molar-refractivity contribution >= 4 is 19.0 Å². The van der Waals surface area contributed by atoms with Gasteiger partial charge in [0.05, 0.1) is 0 Å². The first-order valence-electron chi connectivity index (χ1n) is 6.86. The summed E-state index contributed by atoms with van der Waals surface area (Å²) in [7, 11) is 0.928. The van der Waals surface area contributed by atoms with E-state index in [1.807, 2.05) is 0 Å². The lowest BCUT2D eigenvalue weighted by Crippen LogP contribution is -2.19. The molecule has 0 amide bonds. The van der Waals surface area contributed by atoms with Gasteiger partial charge in [0.2, 0.25) is 0 Å². The van der Waals surface area contributed by atoms with Gasteiger partial charge in [0.1, 0.15) is 0 Å². The second kappa shape index (κ2) is 4.50. The maximum atomic E-state index is 2.51. The van der Waals surface area contributed by atoms with Gasteiger partial charge in [-0.2, -0.15) is 0 Å². The number of hydrogen-bond donors (Lipinski definition) is 0. The minimum Gasteiger partial charge on any atom is -0.135 e. The first-order chi connectivity index (χ1) is 8.30. The Morgan fingerprint density at radius 2 is 1.71 bits per heavy atom. The number of benzene rings is 1. The molecule has 1 unspecified atom stereocenters. The Bertz CT molecular complexity index is 501. The molecule has 1 aromatic carbocycles. The first kappa shape index (κ1) is 11.4. The molecule has 1 aliphatic rings. The van der Waals surface area contributed by atoms with Crippen LogP contribution in [0.5, 0.6) is 0 Å². The van der Waals surface area contributed by atoms with E-state index in [4.69, 9.17) is 0 Å². The van der Waals surface area contributed by atoms with Crippen molar-refractivity contribution in [1.29, 1.82) is 0 Å². The summed E-state index contributed by atoms with van der Waals surface area (Å²) in [4.78, 5) is 0. The van der Waals surface area contributed by atoms with Crippen LogP contribution in [-0.2, 0) is 5.41 Å². The predicted molar refractivity (Wildman–Crippen MR) is 78.5 cm³/mol. The van der Waals surface area contributed by atoms with Crippen LogP contribution in [0.2, 0.25) is 0 Å². The topological polar surface area (TPSA) is 0 Å². The van der Waals surface area contributed by atoms with Crippen molar-refractivity contribution in [2.75, 3.05) is 0 Å². The van der Waals surface area contributed by atoms with Gasteiger partial charge in [-0.15, -0.1) is 8.19 Å². The molecule has 1 aromatic heterocycles. The van der Waals surface area contributed by atoms with E-state index < -0.39 is 0 Å². The van der Waals surface area contributed by atoms with E-state index in [0.717, 1.165) is 8.19 Å². The van der Waals surface area contributed by atoms with Crippen LogP contribution in [0.25, 0.3) is 10.8 Å². The molecular weight excluding hydrogens is 223 g/mol. The minimum atomic E-state index is 0.484. The van der Waals surface area contributed by atoms with Gasteiger partial charge >= 0.3 is 0 Å². The van der Waals surface area contributed by atoms with E-state index in [0.29, 0.717) is 5.41 Å². The molecule has 0 aliphatic heterocycles. The Morgan fingerprint density at radius 1 is 1.00 bits per heavy atom. The highest BCUT2D eigenvalue weighted by atomic mass is 31.0. The summed E-state index contributed by atoms with van der Waals surface area (Å²) in [6.45, 7) is 2.51. The van der Waals surface area contributed by atoms with E-state index in [2.05, 4.69) is 37.0 Å². The highest BCUT2D eigenvalue weighted by Gasteiger charge is 2.29. The Balaban J connectivity index is 2.07. The highest BCUT2D eigenvalue weighted by Crippen LogP contribution is 2.45. The normalized spacial score (nSPS) is 20.8. The Hall–Kier alpha value is -0.740. The van der Waals surface area contributed by atoms with E-state index in [1.165, 1.54) is 43.9 Å². The average Bonchev–Trinajstić information content (AvgIpc) is 2.67. The summed E-state index contributed by atoms with van der Waals surface area (Å²) < 4.78 is 0. The van der Waals surface area contributed by atoms with Gasteiger partial charge in [-0.3, -0.25) is 0 Å². The van der Waals surface area contributed by atoms with Crippen LogP contribution in [0.3, 0.4) is 0 Å². The number of hydrogen-bond acceptors (Lipinski definition) is 0. The molecule has 1 atom stereocenters. The van der Waals surface area contributed by atoms with Crippen molar-refractivity contribution in [3.8, 4) is 0 Å². The molecule has 0 N–H and O–H groups in total. The Labute approximate surface area is 106 Å². The summed E-state index contributed by atoms with van der Waals surface area (Å²) in [6.07, 6.45) is 8.53. The zero-order valence-corrected chi connectivity index (χ0v) is 11.6. The van der Waals surface area contributed by atoms with Crippen LogP contribution >= 0.6 is 8.19 Å². The fourth-order valence-electron chi connectivity index (χ4n) is 3.34. The lowest BCUT2D eigenvalue weighted by atomic mass is 9.80. The molecule has 3 rings (SSSR count). The molecule has 1 saturated carbocycles. The van der Waals surface area contributed by atoms with Gasteiger partial charge in [0.25, 0.3) is 0 Å². The van der Waals surface area contributed by atoms with Crippen molar-refractivity contribution in [2.45, 2.75) is 50.9 Å². The largest absolute Gasteiger partial charge is 0.135 e. The molecule has 1 fully saturated rings. The van der Waals surface area contributed by atoms with Crippen molar-refractivity contribution in [3.05, 3.63) is 35.4 Å². The Morgan fingerprint density at radius 3 is 2.47 bits per heavy atom. The van der Waals surface area contributed by atoms with Gasteiger partial charge in [-0.05, 0) is 40.1 Å². The Kier molecular flexibility index (Phi) is 3.01. The van der Waals surface area contributed by atoms with Crippen molar-refractivity contribution in [1.82, 2.24) is 0 Å². The zero-order valence-electron chi connectivity index (χ0n) is 10.6. The van der Waals surface area contributed by atoms with Crippen LogP contribution in [0.1, 0.15) is 50.7 Å². The second-order valence-electron chi connectivity index (χ2n) is 5.73. The molecule has 1 heterocycles. The van der Waals surface area contributed by atoms with Crippen LogP contribution in [0.15, 0.2) is 30.1 Å². The summed E-state index contributed by atoms with van der Waals surface area (Å²) in [5, 5.41) is 4.77. The molecule has 0 spiro atoms. The van der Waals surface area contributed by atoms with Gasteiger partial charge in [-0.1, -0.05) is 56.9 Å². The molecule has 1 aliphatic carbocycles. The molecule has 0 nitrogen and oxygen atoms in total. The SMILES string of the molecule is CC1(c2[pH]cc3ccccc23)CCCCCC1. The maximum absolute atomic E-state index is 2.51. The molecule has 0 radical (unpaired) electrons. The standard InChI is InChI=1S/C16H21P/c1-16(10-6-2-3-7-11-16)15-14-9-5-4-8-13(14)12-17-15/h4-5,8-9,12,17H,2-3,6-7,10-11H2,1H3. The van der Waals surface area contributed by atoms with Crippen molar-refractivity contribution in [3.63, 3.8) is 0 Å². The second-order valence-corrected chi connectivity index (χ2v) is 6.80. The van der Waals surface area contributed by atoms with Crippen molar-refractivity contribution < 1.29 is 0 Å². The zero-order chi connectivity index (χ0) is 11.7. The molecular formula is C16H21P. The third kappa shape index (κ3) is 2.04. The van der Waals surface area contributed by atoms with Gasteiger partial charge in [-0.25, -0.2) is 0 Å². The van der Waals surface area contributed by atoms with Crippen molar-refractivity contribution in [2.24, 2.45) is 0 Å². The fourth-order valence-corrected chi connectivity index (χ4v) is 4.87. The summed E-state index contributed by atoms with van der Waals surface area (Å²) in [5.41, 5.74) is 0.484. The first-order valence-corrected chi connectivity index (χ1v) is 7.94. The van der Waals surface area contributed by atoms with Crippen LogP contribution in [0.4, 0.5) is 0 Å². The monoisotopic (exact) mass is 244 g/mol. The lowest BCUT2D eigenvalue weighted by molar-refractivity contribution is 0.420. The third-order valence-corrected chi connectivity index (χ3v) is 6.03. The van der Waals surface area contributed by atoms with E-state index in [9.17, 15) is 0 Å². The van der Waals surface area contributed by atoms with Crippen LogP contribution in [0, 0.1) is 0 Å². The molecule has 17 heavy (non-hydrogen) atoms. The highest BCUT2D eigenvalue weighted by molar-refractivity contribution is 7.31. The molecule has 0 bridgehead atoms. The maximum Gasteiger partial charge on any atom is -0.00342 e. The third-order valence-electron chi connectivity index (χ3n) is 4.41. The number of rotatable bonds is 1. The molecule has 1 heteroatoms. The van der Waals surface area contributed by atoms with Crippen LogP contribution < -0.4 is 0 Å². The van der Waals surface area contributed by atoms with Gasteiger partial charge in [0, 0.05) is 0 Å². The summed E-state index contributed by atoms with van der Waals surface area (Å²) >= 11 is 0. The molecule has 2 aromatic rings. The fraction of sp³-hybridized carbons (Fsp3) is 0.500. The minimum absolute atomic E-state index is 0.484. The summed E-state index contributed by atoms with van der Waals surface area (Å²) in [5.74, 6) is 2.45. The van der Waals surface area contributed by atoms with E-state index in [1.54, 1.807) is 10.7 Å². The van der Waals surface area contributed by atoms with E-state index in [-0.39, 0.29) is 0 Å². The lowest BCUT2D eigenvalue weighted by Gasteiger charge is -2.28. The quantitative estimate of drug-likeness (QED) is 0.582. The molecule has 0 saturated heterocycles. The smallest absolute Gasteiger partial charge is 0.00342 e. The predicted octanol–water partition coefficient (Wildman–Crippen LogP) is 5.48. The number of fused-ring (bicyclic) bond motifs is 1. The molecule has 90 valence electrons. The van der Waals surface area contributed by atoms with Gasteiger partial charge < -0.3 is 0 Å². The summed E-state index contributed by atoms with van der Waals surface area (Å²) in [6, 6.07) is 8.97. The van der Waals surface area contributed by atoms with E-state index >= 15 is 0 Å².